The average molecular weight is 288 g/mol. The minimum Gasteiger partial charge on any atom is -0.368 e. The van der Waals surface area contributed by atoms with Gasteiger partial charge in [-0.05, 0) is 37.1 Å². The molecule has 0 radical (unpaired) electrons. The first kappa shape index (κ1) is 13.4. The van der Waals surface area contributed by atoms with Crippen molar-refractivity contribution in [3.05, 3.63) is 29.3 Å². The number of carbonyl (C=O) groups excluding carboxylic acids is 1. The molecule has 4 nitrogen and oxygen atoms in total. The summed E-state index contributed by atoms with van der Waals surface area (Å²) in [5, 5.41) is 0.452. The van der Waals surface area contributed by atoms with Crippen LogP contribution in [0.5, 0.6) is 0 Å². The molecule has 98 valence electrons. The number of benzene rings is 1. The fourth-order valence-electron chi connectivity index (χ4n) is 2.43. The Morgan fingerprint density at radius 3 is 2.11 bits per heavy atom. The second-order valence-electron chi connectivity index (χ2n) is 4.52. The predicted molar refractivity (Wildman–Crippen MR) is 69.0 cm³/mol. The summed E-state index contributed by atoms with van der Waals surface area (Å²) in [6.07, 6.45) is 2.01. The van der Waals surface area contributed by atoms with Gasteiger partial charge in [-0.2, -0.15) is 0 Å². The molecule has 2 rings (SSSR count). The highest BCUT2D eigenvalue weighted by Gasteiger charge is 2.51. The number of carbonyl (C=O) groups is 1. The monoisotopic (exact) mass is 287 g/mol. The molecule has 0 heterocycles. The minimum absolute atomic E-state index is 0.104. The van der Waals surface area contributed by atoms with Crippen molar-refractivity contribution >= 4 is 27.3 Å². The van der Waals surface area contributed by atoms with Crippen molar-refractivity contribution in [2.45, 2.75) is 35.3 Å². The molecule has 1 saturated carbocycles. The number of amides is 1. The van der Waals surface area contributed by atoms with Crippen molar-refractivity contribution in [1.29, 1.82) is 0 Å². The van der Waals surface area contributed by atoms with Gasteiger partial charge in [0.05, 0.1) is 4.90 Å². The average Bonchev–Trinajstić information content (AvgIpc) is 2.80. The molecule has 6 heteroatoms. The zero-order chi connectivity index (χ0) is 13.4. The third kappa shape index (κ3) is 1.91. The van der Waals surface area contributed by atoms with Crippen LogP contribution in [0.2, 0.25) is 5.02 Å². The Kier molecular flexibility index (Phi) is 3.38. The lowest BCUT2D eigenvalue weighted by Gasteiger charge is -2.25. The molecule has 0 spiro atoms. The van der Waals surface area contributed by atoms with Crippen LogP contribution in [-0.4, -0.2) is 19.1 Å². The lowest BCUT2D eigenvalue weighted by atomic mass is 10.1. The zero-order valence-electron chi connectivity index (χ0n) is 9.73. The summed E-state index contributed by atoms with van der Waals surface area (Å²) >= 11 is 5.73. The summed E-state index contributed by atoms with van der Waals surface area (Å²) in [5.41, 5.74) is 5.34. The predicted octanol–water partition coefficient (Wildman–Crippen LogP) is 1.91. The number of rotatable bonds is 3. The van der Waals surface area contributed by atoms with Crippen LogP contribution in [0.4, 0.5) is 0 Å². The normalized spacial score (nSPS) is 18.7. The van der Waals surface area contributed by atoms with Gasteiger partial charge in [0.2, 0.25) is 5.91 Å². The molecule has 18 heavy (non-hydrogen) atoms. The largest absolute Gasteiger partial charge is 0.368 e. The number of primary amides is 1. The number of halogens is 1. The summed E-state index contributed by atoms with van der Waals surface area (Å²) in [6, 6.07) is 5.83. The van der Waals surface area contributed by atoms with Crippen molar-refractivity contribution in [1.82, 2.24) is 0 Å². The number of hydrogen-bond donors (Lipinski definition) is 1. The van der Waals surface area contributed by atoms with Gasteiger partial charge >= 0.3 is 0 Å². The maximum atomic E-state index is 12.6. The lowest BCUT2D eigenvalue weighted by Crippen LogP contribution is -2.48. The van der Waals surface area contributed by atoms with Crippen molar-refractivity contribution < 1.29 is 13.2 Å². The van der Waals surface area contributed by atoms with Gasteiger partial charge in [0.15, 0.2) is 14.6 Å². The van der Waals surface area contributed by atoms with Gasteiger partial charge in [-0.1, -0.05) is 24.4 Å². The van der Waals surface area contributed by atoms with Crippen LogP contribution >= 0.6 is 11.6 Å². The van der Waals surface area contributed by atoms with Crippen molar-refractivity contribution in [2.24, 2.45) is 5.73 Å². The van der Waals surface area contributed by atoms with Gasteiger partial charge in [-0.15, -0.1) is 0 Å². The third-order valence-electron chi connectivity index (χ3n) is 3.50. The molecule has 0 atom stereocenters. The lowest BCUT2D eigenvalue weighted by molar-refractivity contribution is -0.120. The first-order valence-electron chi connectivity index (χ1n) is 5.70. The van der Waals surface area contributed by atoms with E-state index in [1.807, 2.05) is 0 Å². The first-order valence-corrected chi connectivity index (χ1v) is 7.56. The number of sulfone groups is 1. The molecule has 1 aromatic carbocycles. The van der Waals surface area contributed by atoms with E-state index in [1.165, 1.54) is 24.3 Å². The summed E-state index contributed by atoms with van der Waals surface area (Å²) in [5.74, 6) is -0.755. The van der Waals surface area contributed by atoms with E-state index in [1.54, 1.807) is 0 Å². The van der Waals surface area contributed by atoms with E-state index in [4.69, 9.17) is 17.3 Å². The Morgan fingerprint density at radius 2 is 1.67 bits per heavy atom. The maximum Gasteiger partial charge on any atom is 0.239 e. The van der Waals surface area contributed by atoms with Crippen LogP contribution in [0.3, 0.4) is 0 Å². The van der Waals surface area contributed by atoms with Gasteiger partial charge in [-0.25, -0.2) is 8.42 Å². The standard InChI is InChI=1S/C12H14ClNO3S/c13-9-3-5-10(6-4-9)18(16,17)12(11(14)15)7-1-2-8-12/h3-6H,1-2,7-8H2,(H2,14,15). The van der Waals surface area contributed by atoms with E-state index in [9.17, 15) is 13.2 Å². The van der Waals surface area contributed by atoms with Crippen LogP contribution in [-0.2, 0) is 14.6 Å². The number of hydrogen-bond acceptors (Lipinski definition) is 3. The van der Waals surface area contributed by atoms with Gasteiger partial charge in [0, 0.05) is 5.02 Å². The first-order chi connectivity index (χ1) is 8.40. The van der Waals surface area contributed by atoms with Crippen LogP contribution in [0, 0.1) is 0 Å². The molecule has 0 aromatic heterocycles. The number of nitrogens with two attached hydrogens (primary N) is 1. The van der Waals surface area contributed by atoms with Gasteiger partial charge in [0.1, 0.15) is 0 Å². The Labute approximate surface area is 111 Å². The van der Waals surface area contributed by atoms with Crippen LogP contribution in [0.15, 0.2) is 29.2 Å². The van der Waals surface area contributed by atoms with E-state index < -0.39 is 20.5 Å². The molecule has 0 saturated heterocycles. The van der Waals surface area contributed by atoms with Crippen molar-refractivity contribution in [3.63, 3.8) is 0 Å². The fourth-order valence-corrected chi connectivity index (χ4v) is 4.60. The van der Waals surface area contributed by atoms with Crippen LogP contribution < -0.4 is 5.73 Å². The summed E-state index contributed by atoms with van der Waals surface area (Å²) in [4.78, 5) is 11.7. The molecule has 0 aliphatic heterocycles. The summed E-state index contributed by atoms with van der Waals surface area (Å²) < 4.78 is 23.7. The smallest absolute Gasteiger partial charge is 0.239 e. The molecule has 1 amide bonds. The summed E-state index contributed by atoms with van der Waals surface area (Å²) in [6.45, 7) is 0. The molecule has 1 aliphatic carbocycles. The molecule has 2 N–H and O–H groups in total. The highest BCUT2D eigenvalue weighted by Crippen LogP contribution is 2.40. The molecule has 1 fully saturated rings. The van der Waals surface area contributed by atoms with Crippen molar-refractivity contribution in [2.75, 3.05) is 0 Å². The van der Waals surface area contributed by atoms with E-state index in [2.05, 4.69) is 0 Å². The second kappa shape index (κ2) is 4.55. The zero-order valence-corrected chi connectivity index (χ0v) is 11.3. The molecular weight excluding hydrogens is 274 g/mol. The quantitative estimate of drug-likeness (QED) is 0.922. The fraction of sp³-hybridized carbons (Fsp3) is 0.417. The van der Waals surface area contributed by atoms with E-state index in [-0.39, 0.29) is 4.90 Å². The van der Waals surface area contributed by atoms with Gasteiger partial charge < -0.3 is 5.73 Å². The highest BCUT2D eigenvalue weighted by molar-refractivity contribution is 7.93. The Balaban J connectivity index is 2.53. The Hall–Kier alpha value is -1.07. The molecule has 0 unspecified atom stereocenters. The van der Waals surface area contributed by atoms with E-state index in [0.717, 1.165) is 0 Å². The van der Waals surface area contributed by atoms with E-state index in [0.29, 0.717) is 30.7 Å². The minimum atomic E-state index is -3.75. The van der Waals surface area contributed by atoms with Gasteiger partial charge in [-0.3, -0.25) is 4.79 Å². The van der Waals surface area contributed by atoms with Crippen molar-refractivity contribution in [3.8, 4) is 0 Å². The third-order valence-corrected chi connectivity index (χ3v) is 6.28. The van der Waals surface area contributed by atoms with Crippen LogP contribution in [0.25, 0.3) is 0 Å². The second-order valence-corrected chi connectivity index (χ2v) is 7.22. The Morgan fingerprint density at radius 1 is 1.17 bits per heavy atom. The summed E-state index contributed by atoms with van der Waals surface area (Å²) in [7, 11) is -3.75. The maximum absolute atomic E-state index is 12.6. The molecular formula is C12H14ClNO3S. The van der Waals surface area contributed by atoms with E-state index >= 15 is 0 Å². The Bertz CT molecular complexity index is 559. The molecule has 0 bridgehead atoms. The topological polar surface area (TPSA) is 77.2 Å². The van der Waals surface area contributed by atoms with Gasteiger partial charge in [0.25, 0.3) is 0 Å². The molecule has 1 aliphatic rings. The van der Waals surface area contributed by atoms with Crippen LogP contribution in [0.1, 0.15) is 25.7 Å². The highest BCUT2D eigenvalue weighted by atomic mass is 35.5. The SMILES string of the molecule is NC(=O)C1(S(=O)(=O)c2ccc(Cl)cc2)CCCC1. The molecule has 1 aromatic rings.